The zero-order valence-corrected chi connectivity index (χ0v) is 7.36. The van der Waals surface area contributed by atoms with Gasteiger partial charge in [0.2, 0.25) is 0 Å². The second-order valence-corrected chi connectivity index (χ2v) is 2.55. The van der Waals surface area contributed by atoms with E-state index in [-0.39, 0.29) is 5.78 Å². The van der Waals surface area contributed by atoms with Gasteiger partial charge in [-0.25, -0.2) is 0 Å². The number of ketones is 1. The van der Waals surface area contributed by atoms with Crippen molar-refractivity contribution in [1.29, 1.82) is 0 Å². The Balaban J connectivity index is 3.48. The highest BCUT2D eigenvalue weighted by molar-refractivity contribution is 6.30. The molecule has 0 aliphatic rings. The normalized spacial score (nSPS) is 9.75. The van der Waals surface area contributed by atoms with Gasteiger partial charge in [0.25, 0.3) is 5.78 Å². The van der Waals surface area contributed by atoms with Crippen LogP contribution in [0.5, 0.6) is 0 Å². The number of allylic oxidation sites excluding steroid dienone is 2. The monoisotopic (exact) mass is 166 g/mol. The van der Waals surface area contributed by atoms with Crippen molar-refractivity contribution in [1.82, 2.24) is 0 Å². The van der Waals surface area contributed by atoms with Crippen LogP contribution in [-0.4, -0.2) is 16.8 Å². The Labute approximate surface area is 72.7 Å². The summed E-state index contributed by atoms with van der Waals surface area (Å²) >= 11 is 0. The van der Waals surface area contributed by atoms with Crippen LogP contribution >= 0.6 is 0 Å². The number of nitrogens with zero attached hydrogens (tertiary/aromatic N) is 2. The van der Waals surface area contributed by atoms with Gasteiger partial charge in [-0.15, -0.1) is 0 Å². The Bertz CT molecular complexity index is 203. The third-order valence-corrected chi connectivity index (χ3v) is 1.44. The first-order chi connectivity index (χ1) is 5.81. The van der Waals surface area contributed by atoms with Gasteiger partial charge in [-0.2, -0.15) is 4.79 Å². The predicted octanol–water partition coefficient (Wildman–Crippen LogP) is 1.99. The van der Waals surface area contributed by atoms with Crippen molar-refractivity contribution < 1.29 is 9.58 Å². The molecule has 0 aromatic heterocycles. The molecule has 66 valence electrons. The van der Waals surface area contributed by atoms with Gasteiger partial charge in [0.1, 0.15) is 0 Å². The Morgan fingerprint density at radius 3 is 2.83 bits per heavy atom. The lowest BCUT2D eigenvalue weighted by Crippen LogP contribution is -1.93. The van der Waals surface area contributed by atoms with Crippen molar-refractivity contribution in [2.45, 2.75) is 32.6 Å². The summed E-state index contributed by atoms with van der Waals surface area (Å²) in [7, 11) is 0. The fourth-order valence-electron chi connectivity index (χ4n) is 0.812. The summed E-state index contributed by atoms with van der Waals surface area (Å²) in [6.07, 6.45) is 8.51. The van der Waals surface area contributed by atoms with E-state index < -0.39 is 0 Å². The molecule has 0 aliphatic heterocycles. The molecule has 0 fully saturated rings. The van der Waals surface area contributed by atoms with Crippen LogP contribution < -0.4 is 0 Å². The molecule has 0 N–H and O–H groups in total. The predicted molar refractivity (Wildman–Crippen MR) is 48.0 cm³/mol. The molecule has 12 heavy (non-hydrogen) atoms. The van der Waals surface area contributed by atoms with Gasteiger partial charge in [0.15, 0.2) is 0 Å². The van der Waals surface area contributed by atoms with E-state index in [4.69, 9.17) is 5.53 Å². The molecule has 0 saturated heterocycles. The number of hydrogen-bond donors (Lipinski definition) is 0. The molecule has 0 radical (unpaired) electrons. The maximum absolute atomic E-state index is 10.7. The van der Waals surface area contributed by atoms with E-state index in [9.17, 15) is 4.79 Å². The summed E-state index contributed by atoms with van der Waals surface area (Å²) < 4.78 is 0. The smallest absolute Gasteiger partial charge is 0.327 e. The first-order valence-electron chi connectivity index (χ1n) is 4.19. The quantitative estimate of drug-likeness (QED) is 0.196. The SMILES string of the molecule is CCCCC/C=C/C(=O)C=[N+]=[N-]. The number of carbonyl (C=O) groups excluding carboxylic acids is 1. The van der Waals surface area contributed by atoms with E-state index in [1.165, 1.54) is 18.9 Å². The molecule has 3 nitrogen and oxygen atoms in total. The average Bonchev–Trinajstić information content (AvgIpc) is 2.05. The fraction of sp³-hybridized carbons (Fsp3) is 0.556. The maximum Gasteiger partial charge on any atom is 0.327 e. The van der Waals surface area contributed by atoms with Gasteiger partial charge in [-0.1, -0.05) is 25.8 Å². The Morgan fingerprint density at radius 2 is 2.25 bits per heavy atom. The third-order valence-electron chi connectivity index (χ3n) is 1.44. The minimum Gasteiger partial charge on any atom is -0.361 e. The average molecular weight is 166 g/mol. The second-order valence-electron chi connectivity index (χ2n) is 2.55. The lowest BCUT2D eigenvalue weighted by Gasteiger charge is -1.89. The Morgan fingerprint density at radius 1 is 1.50 bits per heavy atom. The Kier molecular flexibility index (Phi) is 7.10. The second kappa shape index (κ2) is 7.89. The highest BCUT2D eigenvalue weighted by Gasteiger charge is 1.92. The van der Waals surface area contributed by atoms with Crippen LogP contribution in [-0.2, 0) is 4.79 Å². The van der Waals surface area contributed by atoms with Crippen molar-refractivity contribution in [2.24, 2.45) is 0 Å². The van der Waals surface area contributed by atoms with Crippen LogP contribution in [0.3, 0.4) is 0 Å². The lowest BCUT2D eigenvalue weighted by molar-refractivity contribution is -0.111. The lowest BCUT2D eigenvalue weighted by atomic mass is 10.2. The molecular weight excluding hydrogens is 152 g/mol. The van der Waals surface area contributed by atoms with E-state index in [0.717, 1.165) is 19.1 Å². The van der Waals surface area contributed by atoms with E-state index in [2.05, 4.69) is 11.7 Å². The number of rotatable bonds is 6. The standard InChI is InChI=1S/C9H14N2O/c1-2-3-4-5-6-7-9(12)8-11-10/h6-8H,2-5H2,1H3/b7-6+. The summed E-state index contributed by atoms with van der Waals surface area (Å²) in [6.45, 7) is 2.13. The van der Waals surface area contributed by atoms with Gasteiger partial charge in [0, 0.05) is 0 Å². The third kappa shape index (κ3) is 6.90. The molecule has 0 aliphatic carbocycles. The molecule has 0 aromatic rings. The molecule has 0 saturated carbocycles. The number of carbonyl (C=O) groups is 1. The summed E-state index contributed by atoms with van der Waals surface area (Å²) in [5.74, 6) is -0.269. The minimum absolute atomic E-state index is 0.269. The molecule has 0 heterocycles. The number of unbranched alkanes of at least 4 members (excludes halogenated alkanes) is 3. The summed E-state index contributed by atoms with van der Waals surface area (Å²) in [5, 5.41) is 0. The summed E-state index contributed by atoms with van der Waals surface area (Å²) in [4.78, 5) is 13.3. The van der Waals surface area contributed by atoms with Crippen molar-refractivity contribution in [2.75, 3.05) is 0 Å². The van der Waals surface area contributed by atoms with Crippen molar-refractivity contribution in [3.05, 3.63) is 17.7 Å². The van der Waals surface area contributed by atoms with E-state index in [1.807, 2.05) is 0 Å². The molecule has 0 spiro atoms. The van der Waals surface area contributed by atoms with Gasteiger partial charge in [0.05, 0.1) is 0 Å². The summed E-state index contributed by atoms with van der Waals surface area (Å²) in [6, 6.07) is 0. The molecule has 0 rings (SSSR count). The van der Waals surface area contributed by atoms with Gasteiger partial charge >= 0.3 is 6.21 Å². The van der Waals surface area contributed by atoms with E-state index in [0.29, 0.717) is 0 Å². The van der Waals surface area contributed by atoms with Crippen LogP contribution in [0.25, 0.3) is 5.53 Å². The Hall–Kier alpha value is -1.21. The van der Waals surface area contributed by atoms with E-state index >= 15 is 0 Å². The van der Waals surface area contributed by atoms with Crippen molar-refractivity contribution in [3.63, 3.8) is 0 Å². The topological polar surface area (TPSA) is 53.5 Å². The molecule has 0 aromatic carbocycles. The van der Waals surface area contributed by atoms with E-state index in [1.54, 1.807) is 6.08 Å². The van der Waals surface area contributed by atoms with Crippen LogP contribution in [0, 0.1) is 0 Å². The zero-order valence-electron chi connectivity index (χ0n) is 7.36. The highest BCUT2D eigenvalue weighted by atomic mass is 16.1. The maximum atomic E-state index is 10.7. The first kappa shape index (κ1) is 10.8. The summed E-state index contributed by atoms with van der Waals surface area (Å²) in [5.41, 5.74) is 7.99. The highest BCUT2D eigenvalue weighted by Crippen LogP contribution is 1.98. The molecule has 0 amide bonds. The van der Waals surface area contributed by atoms with Gasteiger partial charge in [-0.3, -0.25) is 4.79 Å². The molecule has 0 atom stereocenters. The van der Waals surface area contributed by atoms with Crippen molar-refractivity contribution in [3.8, 4) is 0 Å². The van der Waals surface area contributed by atoms with Gasteiger partial charge in [-0.05, 0) is 18.9 Å². The van der Waals surface area contributed by atoms with Crippen LogP contribution in [0.15, 0.2) is 12.2 Å². The van der Waals surface area contributed by atoms with Crippen LogP contribution in [0.2, 0.25) is 0 Å². The van der Waals surface area contributed by atoms with Gasteiger partial charge < -0.3 is 5.53 Å². The molecule has 3 heteroatoms. The minimum atomic E-state index is -0.269. The number of hydrogen-bond acceptors (Lipinski definition) is 1. The first-order valence-corrected chi connectivity index (χ1v) is 4.19. The van der Waals surface area contributed by atoms with Crippen LogP contribution in [0.1, 0.15) is 32.6 Å². The zero-order chi connectivity index (χ0) is 9.23. The molecular formula is C9H14N2O. The van der Waals surface area contributed by atoms with Crippen molar-refractivity contribution >= 4 is 12.0 Å². The van der Waals surface area contributed by atoms with Crippen LogP contribution in [0.4, 0.5) is 0 Å². The fourth-order valence-corrected chi connectivity index (χ4v) is 0.812. The molecule has 0 bridgehead atoms. The largest absolute Gasteiger partial charge is 0.361 e. The molecule has 0 unspecified atom stereocenters.